The molecule has 0 saturated carbocycles. The van der Waals surface area contributed by atoms with E-state index in [-0.39, 0.29) is 153 Å². The van der Waals surface area contributed by atoms with Crippen molar-refractivity contribution in [3.8, 4) is 0 Å². The molecule has 0 aliphatic rings. The summed E-state index contributed by atoms with van der Waals surface area (Å²) in [6, 6.07) is 35.6. The highest BCUT2D eigenvalue weighted by atomic mass is 79.9. The average Bonchev–Trinajstić information content (AvgIpc) is 0.927. The largest absolute Gasteiger partial charge is 1.00 e. The number of pyridine rings is 8. The third kappa shape index (κ3) is 45.8. The minimum absolute atomic E-state index is 0. The Bertz CT molecular complexity index is 3390. The predicted octanol–water partition coefficient (Wildman–Crippen LogP) is -12.2. The number of halogens is 10. The second-order valence-corrected chi connectivity index (χ2v) is 28.1. The highest BCUT2D eigenvalue weighted by Crippen LogP contribution is 2.13. The molecule has 8 heterocycles. The monoisotopic (exact) mass is 2160 g/mol. The van der Waals surface area contributed by atoms with Crippen molar-refractivity contribution < 1.29 is 194 Å². The van der Waals surface area contributed by atoms with Crippen LogP contribution >= 0.6 is 15.9 Å². The maximum absolute atomic E-state index is 4.08. The summed E-state index contributed by atoms with van der Waals surface area (Å²) in [5.74, 6) is 0. The van der Waals surface area contributed by atoms with Crippen molar-refractivity contribution in [2.75, 3.05) is 83.9 Å². The molecule has 0 bridgehead atoms. The van der Waals surface area contributed by atoms with Gasteiger partial charge in [-0.3, -0.25) is 9.97 Å². The van der Waals surface area contributed by atoms with Gasteiger partial charge in [-0.25, -0.2) is 27.4 Å². The molecule has 8 aromatic rings. The van der Waals surface area contributed by atoms with E-state index in [9.17, 15) is 0 Å². The molecule has 0 radical (unpaired) electrons. The fourth-order valence-electron chi connectivity index (χ4n) is 13.1. The van der Waals surface area contributed by atoms with Gasteiger partial charge in [0.2, 0.25) is 0 Å². The SMILES string of the molecule is C(=C\C[n+]1ccc(CCCc2ccncc2)cc1)/C[n+]1ccc(CCCc2ccncc2)cc1.CC[N+](CC)(CC)C/C=C/CBr.CC[N+](CC)(CC)C/C=C/C[n+]1ccc(CCCc2cc[n+](C/C=C/C[n+]3ccc(CCCc4cc[n+](C/C=C/C[N+](CC)(CC)CC)cc4)cc3)cc2)cc1.[Br-].[Br-].[Br-].[Br-].[Br-].[Br-].[Br-].[Br-].[Br-]. The molecule has 0 unspecified atom stereocenters. The molecule has 11 nitrogen and oxygen atoms in total. The van der Waals surface area contributed by atoms with Gasteiger partial charge in [-0.15, -0.1) is 0 Å². The normalized spacial score (nSPS) is 11.1. The highest BCUT2D eigenvalue weighted by molar-refractivity contribution is 9.09. The number of rotatable bonds is 44. The zero-order chi connectivity index (χ0) is 72.6. The summed E-state index contributed by atoms with van der Waals surface area (Å²) in [5.41, 5.74) is 11.2. The Morgan fingerprint density at radius 3 is 0.550 bits per heavy atom. The van der Waals surface area contributed by atoms with Crippen LogP contribution in [0.5, 0.6) is 0 Å². The van der Waals surface area contributed by atoms with E-state index in [0.717, 1.165) is 135 Å². The molecule has 8 aromatic heterocycles. The minimum atomic E-state index is 0. The van der Waals surface area contributed by atoms with Crippen molar-refractivity contribution in [2.45, 2.75) is 179 Å². The van der Waals surface area contributed by atoms with E-state index in [1.807, 2.05) is 24.8 Å². The number of hydrogen-bond donors (Lipinski definition) is 0. The molecule has 0 aromatic carbocycles. The molecule has 0 spiro atoms. The van der Waals surface area contributed by atoms with Crippen LogP contribution in [-0.2, 0) is 90.6 Å². The van der Waals surface area contributed by atoms with E-state index in [0.29, 0.717) is 0 Å². The standard InChI is InChI=1S/C50H76N6.C30H34N4.C10H21BrN.9BrH/c1-7-55(8-2,9-3)45-17-15-35-53-41-29-49(30-42-53)23-19-21-47-25-37-51(38-26-47)33-13-14-34-52-39-27-48(28-40-52)22-20-24-50-31-43-54(44-32-50)36-16-18-46-56(10-4,11-5)12-6;1(21-33-23-13-29(14-24-33)7-3-5-27-9-17-31-18-10-27)2-22-34-25-15-30(16-26-34)8-4-6-28-11-19-32-20-12-28;1-4-12(5-2,6-3)10-8-7-9-11;;;;;;;;;/h13-18,25-32,37-44H,7-12,19-24,33-36,45-46H2,1-6H3;1-2,9-20,23-26H,3-8,21-22H2;7-8H,4-6,9-10H2,1-3H3;9*1H/q+6;+2;+1;;;;;;;;;/p-9/b14-13+,17-15+,18-16+;2-1+;8-7+;;;;;;;;;. The molecule has 0 amide bonds. The molecule has 0 atom stereocenters. The Balaban J connectivity index is -0.000000890. The van der Waals surface area contributed by atoms with Crippen molar-refractivity contribution in [1.29, 1.82) is 0 Å². The Kier molecular flexibility index (Phi) is 70.4. The van der Waals surface area contributed by atoms with Gasteiger partial charge in [-0.1, -0.05) is 22.0 Å². The van der Waals surface area contributed by atoms with Crippen LogP contribution in [0.1, 0.15) is 133 Å². The second-order valence-electron chi connectivity index (χ2n) is 27.5. The quantitative estimate of drug-likeness (QED) is 0.0165. The molecule has 111 heavy (non-hydrogen) atoms. The Labute approximate surface area is 775 Å². The van der Waals surface area contributed by atoms with Gasteiger partial charge in [0.05, 0.1) is 78.5 Å². The van der Waals surface area contributed by atoms with E-state index in [2.05, 4.69) is 348 Å². The van der Waals surface area contributed by atoms with E-state index < -0.39 is 0 Å². The van der Waals surface area contributed by atoms with Crippen molar-refractivity contribution >= 4 is 15.9 Å². The molecule has 616 valence electrons. The third-order valence-corrected chi connectivity index (χ3v) is 21.7. The fraction of sp³-hybridized carbons (Fsp3) is 0.444. The van der Waals surface area contributed by atoms with Gasteiger partial charge in [0, 0.05) is 103 Å². The third-order valence-electron chi connectivity index (χ3n) is 21.3. The van der Waals surface area contributed by atoms with Crippen LogP contribution in [0.15, 0.2) is 257 Å². The lowest BCUT2D eigenvalue weighted by Crippen LogP contribution is -3.00. The maximum atomic E-state index is 4.08. The molecule has 0 saturated heterocycles. The van der Waals surface area contributed by atoms with Crippen LogP contribution < -0.4 is 180 Å². The summed E-state index contributed by atoms with van der Waals surface area (Å²) >= 11 is 3.39. The zero-order valence-electron chi connectivity index (χ0n) is 67.9. The maximum Gasteiger partial charge on any atom is 0.169 e. The van der Waals surface area contributed by atoms with Crippen molar-refractivity contribution in [3.63, 3.8) is 0 Å². The van der Waals surface area contributed by atoms with Crippen molar-refractivity contribution in [1.82, 2.24) is 9.97 Å². The molecule has 0 aliphatic carbocycles. The molecular weight excluding hydrogens is 2030 g/mol. The highest BCUT2D eigenvalue weighted by Gasteiger charge is 2.20. The van der Waals surface area contributed by atoms with Crippen LogP contribution in [0.25, 0.3) is 0 Å². The summed E-state index contributed by atoms with van der Waals surface area (Å²) in [7, 11) is 0. The van der Waals surface area contributed by atoms with E-state index in [1.54, 1.807) is 0 Å². The van der Waals surface area contributed by atoms with Gasteiger partial charge in [-0.2, -0.15) is 0 Å². The fourth-order valence-corrected chi connectivity index (χ4v) is 13.3. The van der Waals surface area contributed by atoms with Gasteiger partial charge in [-0.05, 0) is 263 Å². The summed E-state index contributed by atoms with van der Waals surface area (Å²) in [4.78, 5) is 8.16. The number of nitrogens with zero attached hydrogens (tertiary/aromatic N) is 11. The van der Waals surface area contributed by atoms with Crippen LogP contribution in [0.3, 0.4) is 0 Å². The van der Waals surface area contributed by atoms with Crippen LogP contribution in [-0.4, -0.2) is 107 Å². The van der Waals surface area contributed by atoms with Gasteiger partial charge >= 0.3 is 0 Å². The number of alkyl halides is 1. The Hall–Kier alpha value is -3.42. The first-order valence-corrected chi connectivity index (χ1v) is 40.1. The summed E-state index contributed by atoms with van der Waals surface area (Å²) < 4.78 is 17.0. The number of allylic oxidation sites excluding steroid dienone is 7. The summed E-state index contributed by atoms with van der Waals surface area (Å²) in [5, 5.41) is 0.976. The van der Waals surface area contributed by atoms with Crippen LogP contribution in [0.4, 0.5) is 0 Å². The molecule has 21 heteroatoms. The molecule has 0 aliphatic heterocycles. The summed E-state index contributed by atoms with van der Waals surface area (Å²) in [6.45, 7) is 40.4. The predicted molar refractivity (Wildman–Crippen MR) is 426 cm³/mol. The second kappa shape index (κ2) is 68.6. The Morgan fingerprint density at radius 1 is 0.234 bits per heavy atom. The number of aryl methyl sites for hydroxylation is 8. The van der Waals surface area contributed by atoms with Gasteiger partial charge in [0.25, 0.3) is 0 Å². The number of hydrogen-bond acceptors (Lipinski definition) is 2. The Morgan fingerprint density at radius 2 is 0.387 bits per heavy atom. The van der Waals surface area contributed by atoms with E-state index in [4.69, 9.17) is 0 Å². The van der Waals surface area contributed by atoms with E-state index >= 15 is 0 Å². The lowest BCUT2D eigenvalue weighted by atomic mass is 10.1. The first-order chi connectivity index (χ1) is 50.0. The first kappa shape index (κ1) is 114. The molecule has 0 fully saturated rings. The average molecular weight is 2170 g/mol. The molecule has 0 N–H and O–H groups in total. The van der Waals surface area contributed by atoms with Crippen molar-refractivity contribution in [2.24, 2.45) is 0 Å². The smallest absolute Gasteiger partial charge is 0.169 e. The van der Waals surface area contributed by atoms with Gasteiger partial charge < -0.3 is 166 Å². The number of aromatic nitrogens is 8. The molecule has 8 rings (SSSR count). The van der Waals surface area contributed by atoms with E-state index in [1.165, 1.54) is 123 Å². The minimum Gasteiger partial charge on any atom is -1.00 e. The topological polar surface area (TPSA) is 49.1 Å². The summed E-state index contributed by atoms with van der Waals surface area (Å²) in [6.07, 6.45) is 70.3. The van der Waals surface area contributed by atoms with Gasteiger partial charge in [0.15, 0.2) is 114 Å². The number of likely N-dealkylation sites (N-methyl/N-ethyl adjacent to an activating group) is 3. The lowest BCUT2D eigenvalue weighted by molar-refractivity contribution is -0.917. The zero-order valence-corrected chi connectivity index (χ0v) is 83.7. The van der Waals surface area contributed by atoms with Crippen LogP contribution in [0.2, 0.25) is 0 Å². The molecular formula is C90H131Br10N11. The van der Waals surface area contributed by atoms with Crippen LogP contribution in [0, 0.1) is 0 Å². The van der Waals surface area contributed by atoms with Crippen molar-refractivity contribution in [3.05, 3.63) is 301 Å². The number of quaternary nitrogens is 3. The first-order valence-electron chi connectivity index (χ1n) is 39.0. The lowest BCUT2D eigenvalue weighted by Gasteiger charge is -2.34. The van der Waals surface area contributed by atoms with Gasteiger partial charge in [0.1, 0.15) is 0 Å².